The summed E-state index contributed by atoms with van der Waals surface area (Å²) >= 11 is 0. The molecule has 5 nitrogen and oxygen atoms in total. The molecule has 1 aromatic rings. The summed E-state index contributed by atoms with van der Waals surface area (Å²) in [6.45, 7) is 2.68. The second kappa shape index (κ2) is 6.79. The summed E-state index contributed by atoms with van der Waals surface area (Å²) in [4.78, 5) is 24.1. The Balaban J connectivity index is 1.32. The summed E-state index contributed by atoms with van der Waals surface area (Å²) in [6.07, 6.45) is 5.76. The Labute approximate surface area is 148 Å². The van der Waals surface area contributed by atoms with Gasteiger partial charge in [-0.05, 0) is 62.1 Å². The first-order valence-electron chi connectivity index (χ1n) is 9.31. The third kappa shape index (κ3) is 3.87. The monoisotopic (exact) mass is 343 g/mol. The van der Waals surface area contributed by atoms with Crippen molar-refractivity contribution < 1.29 is 19.1 Å². The highest BCUT2D eigenvalue weighted by atomic mass is 16.6. The minimum Gasteiger partial charge on any atom is -0.490 e. The highest BCUT2D eigenvalue weighted by Crippen LogP contribution is 2.59. The normalized spacial score (nSPS) is 29.0. The first kappa shape index (κ1) is 16.6. The van der Waals surface area contributed by atoms with Gasteiger partial charge in [0.2, 0.25) is 5.91 Å². The molecule has 1 heterocycles. The molecule has 1 aromatic carbocycles. The minimum atomic E-state index is -0.0754. The molecular formula is C20H25NO4. The van der Waals surface area contributed by atoms with Crippen LogP contribution >= 0.6 is 0 Å². The lowest BCUT2D eigenvalue weighted by atomic mass is 10.1. The lowest BCUT2D eigenvalue weighted by Crippen LogP contribution is -2.13. The van der Waals surface area contributed by atoms with Crippen molar-refractivity contribution in [2.24, 2.45) is 17.8 Å². The van der Waals surface area contributed by atoms with E-state index in [1.54, 1.807) is 18.2 Å². The van der Waals surface area contributed by atoms with Crippen molar-refractivity contribution in [3.63, 3.8) is 0 Å². The number of Topliss-reactive ketones (excluding diaryl/α,β-unsaturated/α-hetero) is 1. The first-order chi connectivity index (χ1) is 12.1. The first-order valence-corrected chi connectivity index (χ1v) is 9.31. The Morgan fingerprint density at radius 1 is 1.28 bits per heavy atom. The summed E-state index contributed by atoms with van der Waals surface area (Å²) in [5.74, 6) is 3.06. The van der Waals surface area contributed by atoms with E-state index < -0.39 is 0 Å². The van der Waals surface area contributed by atoms with Crippen molar-refractivity contribution in [3.05, 3.63) is 23.8 Å². The van der Waals surface area contributed by atoms with Crippen LogP contribution in [0.4, 0.5) is 5.69 Å². The van der Waals surface area contributed by atoms with E-state index >= 15 is 0 Å². The zero-order chi connectivity index (χ0) is 17.4. The number of rotatable bonds is 8. The fourth-order valence-electron chi connectivity index (χ4n) is 4.28. The van der Waals surface area contributed by atoms with Crippen LogP contribution < -0.4 is 10.1 Å². The van der Waals surface area contributed by atoms with Gasteiger partial charge in [-0.1, -0.05) is 6.42 Å². The topological polar surface area (TPSA) is 67.9 Å². The molecule has 4 rings (SSSR count). The Kier molecular flexibility index (Phi) is 4.50. The summed E-state index contributed by atoms with van der Waals surface area (Å²) in [7, 11) is 0. The highest BCUT2D eigenvalue weighted by Gasteiger charge is 2.51. The van der Waals surface area contributed by atoms with E-state index in [1.807, 2.05) is 0 Å². The fourth-order valence-corrected chi connectivity index (χ4v) is 4.28. The minimum absolute atomic E-state index is 0.0273. The van der Waals surface area contributed by atoms with E-state index in [2.05, 4.69) is 5.32 Å². The lowest BCUT2D eigenvalue weighted by Gasteiger charge is -2.12. The molecule has 1 aliphatic heterocycles. The molecule has 3 atom stereocenters. The molecule has 3 fully saturated rings. The molecule has 0 bridgehead atoms. The molecule has 2 aliphatic carbocycles. The zero-order valence-corrected chi connectivity index (χ0v) is 14.6. The molecule has 5 heteroatoms. The van der Waals surface area contributed by atoms with Gasteiger partial charge < -0.3 is 14.8 Å². The van der Waals surface area contributed by atoms with Crippen LogP contribution in [0.15, 0.2) is 18.2 Å². The van der Waals surface area contributed by atoms with E-state index in [0.29, 0.717) is 36.6 Å². The molecule has 25 heavy (non-hydrogen) atoms. The van der Waals surface area contributed by atoms with E-state index in [0.717, 1.165) is 24.2 Å². The molecular weight excluding hydrogens is 318 g/mol. The number of anilines is 1. The number of nitrogens with one attached hydrogen (secondary N) is 1. The number of ether oxygens (including phenoxy) is 2. The second-order valence-electron chi connectivity index (χ2n) is 7.54. The van der Waals surface area contributed by atoms with Gasteiger partial charge in [-0.3, -0.25) is 9.59 Å². The number of fused-ring (bicyclic) bond motifs is 1. The summed E-state index contributed by atoms with van der Waals surface area (Å²) in [6, 6.07) is 5.24. The largest absolute Gasteiger partial charge is 0.490 e. The maximum absolute atomic E-state index is 12.2. The smallest absolute Gasteiger partial charge is 0.224 e. The summed E-state index contributed by atoms with van der Waals surface area (Å²) < 4.78 is 10.8. The average molecular weight is 343 g/mol. The number of epoxide rings is 1. The van der Waals surface area contributed by atoms with Gasteiger partial charge in [0, 0.05) is 12.1 Å². The molecule has 1 amide bonds. The van der Waals surface area contributed by atoms with Crippen LogP contribution in [0.1, 0.15) is 49.4 Å². The van der Waals surface area contributed by atoms with Gasteiger partial charge in [-0.25, -0.2) is 0 Å². The summed E-state index contributed by atoms with van der Waals surface area (Å²) in [5.41, 5.74) is 1.15. The summed E-state index contributed by atoms with van der Waals surface area (Å²) in [5, 5.41) is 2.92. The second-order valence-corrected chi connectivity index (χ2v) is 7.54. The number of benzene rings is 1. The number of ketones is 1. The van der Waals surface area contributed by atoms with Gasteiger partial charge in [0.05, 0.1) is 12.2 Å². The van der Waals surface area contributed by atoms with Gasteiger partial charge in [0.25, 0.3) is 0 Å². The third-order valence-electron chi connectivity index (χ3n) is 5.76. The Morgan fingerprint density at radius 2 is 2.04 bits per heavy atom. The number of carbonyl (C=O) groups is 2. The van der Waals surface area contributed by atoms with Crippen molar-refractivity contribution in [2.45, 2.75) is 45.1 Å². The predicted molar refractivity (Wildman–Crippen MR) is 93.9 cm³/mol. The predicted octanol–water partition coefficient (Wildman–Crippen LogP) is 3.43. The van der Waals surface area contributed by atoms with Crippen LogP contribution in [-0.4, -0.2) is 31.0 Å². The molecule has 0 radical (unpaired) electrons. The van der Waals surface area contributed by atoms with Crippen LogP contribution in [0.3, 0.4) is 0 Å². The SMILES string of the molecule is CC(=O)c1cc(NC(=O)CCC2C3CCCC32)ccc1OCC1CO1. The van der Waals surface area contributed by atoms with Crippen molar-refractivity contribution in [1.82, 2.24) is 0 Å². The molecule has 134 valence electrons. The van der Waals surface area contributed by atoms with Gasteiger partial charge in [-0.15, -0.1) is 0 Å². The van der Waals surface area contributed by atoms with Crippen molar-refractivity contribution >= 4 is 17.4 Å². The van der Waals surface area contributed by atoms with E-state index in [-0.39, 0.29) is 17.8 Å². The molecule has 0 aromatic heterocycles. The van der Waals surface area contributed by atoms with Crippen LogP contribution in [0, 0.1) is 17.8 Å². The Morgan fingerprint density at radius 3 is 2.72 bits per heavy atom. The van der Waals surface area contributed by atoms with E-state index in [1.165, 1.54) is 26.2 Å². The van der Waals surface area contributed by atoms with Crippen LogP contribution in [-0.2, 0) is 9.53 Å². The van der Waals surface area contributed by atoms with Crippen molar-refractivity contribution in [3.8, 4) is 5.75 Å². The lowest BCUT2D eigenvalue weighted by molar-refractivity contribution is -0.116. The number of amides is 1. The van der Waals surface area contributed by atoms with Crippen LogP contribution in [0.5, 0.6) is 5.75 Å². The number of carbonyl (C=O) groups excluding carboxylic acids is 2. The molecule has 0 spiro atoms. The average Bonchev–Trinajstić information content (AvgIpc) is 3.49. The van der Waals surface area contributed by atoms with Gasteiger partial charge >= 0.3 is 0 Å². The van der Waals surface area contributed by atoms with Gasteiger partial charge in [-0.2, -0.15) is 0 Å². The van der Waals surface area contributed by atoms with Crippen molar-refractivity contribution in [2.75, 3.05) is 18.5 Å². The van der Waals surface area contributed by atoms with Gasteiger partial charge in [0.15, 0.2) is 5.78 Å². The Hall–Kier alpha value is -1.88. The third-order valence-corrected chi connectivity index (χ3v) is 5.76. The zero-order valence-electron chi connectivity index (χ0n) is 14.6. The molecule has 2 saturated carbocycles. The van der Waals surface area contributed by atoms with E-state index in [4.69, 9.17) is 9.47 Å². The molecule has 3 aliphatic rings. The molecule has 1 N–H and O–H groups in total. The van der Waals surface area contributed by atoms with Crippen LogP contribution in [0.25, 0.3) is 0 Å². The highest BCUT2D eigenvalue weighted by molar-refractivity contribution is 5.99. The number of hydrogen-bond acceptors (Lipinski definition) is 4. The fraction of sp³-hybridized carbons (Fsp3) is 0.600. The number of hydrogen-bond donors (Lipinski definition) is 1. The van der Waals surface area contributed by atoms with Crippen LogP contribution in [0.2, 0.25) is 0 Å². The van der Waals surface area contributed by atoms with Crippen molar-refractivity contribution in [1.29, 1.82) is 0 Å². The Bertz CT molecular complexity index is 672. The standard InChI is InChI=1S/C20H25NO4/c1-12(22)18-9-13(5-7-19(18)25-11-14-10-24-14)21-20(23)8-6-17-15-3-2-4-16(15)17/h5,7,9,14-17H,2-4,6,8,10-11H2,1H3,(H,21,23). The maximum Gasteiger partial charge on any atom is 0.224 e. The van der Waals surface area contributed by atoms with Gasteiger partial charge in [0.1, 0.15) is 18.5 Å². The van der Waals surface area contributed by atoms with E-state index in [9.17, 15) is 9.59 Å². The quantitative estimate of drug-likeness (QED) is 0.580. The molecule has 3 unspecified atom stereocenters. The maximum atomic E-state index is 12.2. The molecule has 1 saturated heterocycles.